The summed E-state index contributed by atoms with van der Waals surface area (Å²) in [7, 11) is 2.01. The van der Waals surface area contributed by atoms with Crippen molar-refractivity contribution in [2.75, 3.05) is 76.4 Å². The average Bonchev–Trinajstić information content (AvgIpc) is 3.71. The molecule has 26 heteroatoms. The van der Waals surface area contributed by atoms with Crippen LogP contribution in [0.25, 0.3) is 22.0 Å². The number of hydrogen-bond acceptors (Lipinski definition) is 18. The SMILES string of the molecule is COc1cc(N(Cc2ccc3nc(N)nc(N)c3c2C)C(=O)OCc2ccc(SSCC(NC(=O)OCC3c4ccccc4-c4ccccc43)C(=O)NCCOP(=O)(O)O)c(CCOCC(=O)O)c2)cc(OC)c1OC.[Fm]. The van der Waals surface area contributed by atoms with Gasteiger partial charge in [-0.15, -0.1) is 0 Å². The number of aromatic nitrogens is 2. The molecule has 3 amide bonds. The van der Waals surface area contributed by atoms with E-state index in [4.69, 9.17) is 49.7 Å². The first-order valence-corrected chi connectivity index (χ1v) is 27.2. The Bertz CT molecular complexity index is 3080. The van der Waals surface area contributed by atoms with Crippen LogP contribution in [0.15, 0.2) is 95.9 Å². The zero-order chi connectivity index (χ0) is 54.5. The number of nitrogens with zero attached hydrogens (tertiary/aromatic N) is 3. The summed E-state index contributed by atoms with van der Waals surface area (Å²) in [4.78, 5) is 81.4. The van der Waals surface area contributed by atoms with Crippen molar-refractivity contribution in [3.8, 4) is 28.4 Å². The van der Waals surface area contributed by atoms with Gasteiger partial charge in [0.25, 0.3) is 0 Å². The predicted octanol–water partition coefficient (Wildman–Crippen LogP) is 6.99. The van der Waals surface area contributed by atoms with Gasteiger partial charge in [-0.05, 0) is 70.0 Å². The Balaban J connectivity index is 0.00000961. The molecule has 1 aliphatic rings. The number of aryl methyl sites for hydroxylation is 1. The Morgan fingerprint density at radius 1 is 0.844 bits per heavy atom. The summed E-state index contributed by atoms with van der Waals surface area (Å²) in [5, 5.41) is 15.0. The number of nitrogens with one attached hydrogen (secondary N) is 2. The topological polar surface area (TPSA) is 316 Å². The fraction of sp³-hybridized carbons (Fsp3) is 0.294. The van der Waals surface area contributed by atoms with Gasteiger partial charge < -0.3 is 65.4 Å². The van der Waals surface area contributed by atoms with Crippen LogP contribution in [0.4, 0.5) is 27.0 Å². The second-order valence-electron chi connectivity index (χ2n) is 16.9. The molecule has 9 N–H and O–H groups in total. The number of anilines is 3. The van der Waals surface area contributed by atoms with Crippen LogP contribution in [0.1, 0.15) is 39.3 Å². The number of phosphoric ester groups is 1. The third kappa shape index (κ3) is 14.8. The molecule has 0 spiro atoms. The van der Waals surface area contributed by atoms with Gasteiger partial charge >= 0.3 is 26.0 Å². The average molecular weight is 1360 g/mol. The number of carboxylic acid groups (broad SMARTS) is 1. The summed E-state index contributed by atoms with van der Waals surface area (Å²) in [6.07, 6.45) is -1.39. The molecule has 1 heterocycles. The number of carboxylic acids is 1. The minimum Gasteiger partial charge on any atom is -0.493 e. The van der Waals surface area contributed by atoms with Crippen LogP contribution < -0.4 is 41.2 Å². The molecule has 5 aromatic carbocycles. The normalized spacial score (nSPS) is 12.1. The standard InChI is InChI=1S/C51H56N7O15PS2.Fm/c1-29-32(14-15-39-45(29)47(52)57-49(53)55-39)24-58(33-22-41(67-2)46(69-4)42(23-33)68-3)51(63)72-25-30-13-16-43(31(21-30)17-19-70-27-44(59)60)76-75-28-40(48(61)54-18-20-73-74(64,65)66)56-50(62)71-26-38-36-11-7-5-9-34(36)35-10-6-8-12-37(35)38;/h5-16,21-23,38,40H,17-20,24-28H2,1-4H3,(H,54,61)(H,56,62)(H,59,60)(H2,64,65,66)(H4,52,53,55,57);. The van der Waals surface area contributed by atoms with Crippen LogP contribution in [0, 0.1) is 6.92 Å². The molecule has 6 aromatic rings. The number of carbonyl (C=O) groups is 4. The summed E-state index contributed by atoms with van der Waals surface area (Å²) in [5.74, 6) is -1.02. The number of aliphatic carboxylic acids is 1. The molecule has 0 saturated carbocycles. The zero-order valence-corrected chi connectivity index (χ0v) is 46.9. The van der Waals surface area contributed by atoms with E-state index in [2.05, 4.69) is 25.1 Å². The first kappa shape index (κ1) is 58.0. The van der Waals surface area contributed by atoms with E-state index in [-0.39, 0.29) is 74.3 Å². The van der Waals surface area contributed by atoms with Crippen LogP contribution in [0.5, 0.6) is 17.2 Å². The molecule has 414 valence electrons. The molecular weight excluding hydrogens is 1300 g/mol. The van der Waals surface area contributed by atoms with Crippen LogP contribution >= 0.6 is 29.4 Å². The summed E-state index contributed by atoms with van der Waals surface area (Å²) in [6, 6.07) is 26.5. The van der Waals surface area contributed by atoms with Crippen molar-refractivity contribution >= 4 is 81.8 Å². The van der Waals surface area contributed by atoms with Crippen LogP contribution in [0.2, 0.25) is 0 Å². The number of amides is 3. The van der Waals surface area contributed by atoms with Crippen molar-refractivity contribution in [2.24, 2.45) is 0 Å². The van der Waals surface area contributed by atoms with E-state index >= 15 is 0 Å². The molecule has 0 bridgehead atoms. The van der Waals surface area contributed by atoms with Crippen LogP contribution in [0.3, 0.4) is 0 Å². The number of ether oxygens (including phenoxy) is 6. The van der Waals surface area contributed by atoms with E-state index in [1.165, 1.54) is 47.8 Å². The summed E-state index contributed by atoms with van der Waals surface area (Å²) < 4.78 is 49.6. The molecule has 22 nitrogen and oxygen atoms in total. The Kier molecular flexibility index (Phi) is 19.9. The molecule has 1 aliphatic carbocycles. The van der Waals surface area contributed by atoms with Gasteiger partial charge in [-0.1, -0.05) is 88.3 Å². The predicted molar refractivity (Wildman–Crippen MR) is 285 cm³/mol. The molecule has 1 atom stereocenters. The van der Waals surface area contributed by atoms with Crippen LogP contribution in [-0.4, -0.2) is 115 Å². The van der Waals surface area contributed by atoms with Crippen molar-refractivity contribution in [3.05, 3.63) is 124 Å². The van der Waals surface area contributed by atoms with Crippen molar-refractivity contribution in [1.29, 1.82) is 0 Å². The van der Waals surface area contributed by atoms with Gasteiger partial charge in [0.1, 0.15) is 31.7 Å². The number of alkyl carbamates (subject to hydrolysis) is 1. The number of rotatable bonds is 25. The number of fused-ring (bicyclic) bond motifs is 4. The maximum atomic E-state index is 14.4. The molecule has 0 fully saturated rings. The third-order valence-corrected chi connectivity index (χ3v) is 15.0. The quantitative estimate of drug-likeness (QED) is 0.0172. The molecule has 1 unspecified atom stereocenters. The molecule has 7 rings (SSSR count). The molecular formula is C51H56FmN7O15PS2. The van der Waals surface area contributed by atoms with Gasteiger partial charge in [0.2, 0.25) is 17.6 Å². The molecule has 0 aliphatic heterocycles. The van der Waals surface area contributed by atoms with Gasteiger partial charge in [-0.2, -0.15) is 4.98 Å². The first-order chi connectivity index (χ1) is 36.5. The van der Waals surface area contributed by atoms with E-state index in [1.54, 1.807) is 42.5 Å². The zero-order valence-electron chi connectivity index (χ0n) is 42.0. The van der Waals surface area contributed by atoms with Crippen LogP contribution in [-0.2, 0) is 52.5 Å². The van der Waals surface area contributed by atoms with Gasteiger partial charge in [-0.3, -0.25) is 14.2 Å². The van der Waals surface area contributed by atoms with E-state index in [1.807, 2.05) is 55.5 Å². The van der Waals surface area contributed by atoms with Crippen molar-refractivity contribution < 1.29 is 71.6 Å². The Hall–Kier alpha value is -8.31. The largest absolute Gasteiger partial charge is 0.493 e. The van der Waals surface area contributed by atoms with Gasteiger partial charge in [0, 0.05) is 40.6 Å². The number of phosphoric acid groups is 1. The number of carbonyl (C=O) groups excluding carboxylic acids is 3. The number of nitrogens with two attached hydrogens (primary N) is 2. The second-order valence-corrected chi connectivity index (χ2v) is 20.5. The van der Waals surface area contributed by atoms with E-state index in [0.717, 1.165) is 22.3 Å². The smallest absolute Gasteiger partial charge is 0.469 e. The molecule has 0 saturated heterocycles. The Morgan fingerprint density at radius 3 is 2.16 bits per heavy atom. The maximum Gasteiger partial charge on any atom is 0.469 e. The minimum absolute atomic E-state index is 0. The fourth-order valence-electron chi connectivity index (χ4n) is 8.47. The third-order valence-electron chi connectivity index (χ3n) is 12.0. The van der Waals surface area contributed by atoms with Gasteiger partial charge in [-0.25, -0.2) is 23.9 Å². The summed E-state index contributed by atoms with van der Waals surface area (Å²) >= 11 is 0. The minimum atomic E-state index is -4.81. The van der Waals surface area contributed by atoms with E-state index in [0.29, 0.717) is 49.5 Å². The molecule has 77 heavy (non-hydrogen) atoms. The summed E-state index contributed by atoms with van der Waals surface area (Å²) in [6.45, 7) is 0.287. The first-order valence-electron chi connectivity index (χ1n) is 23.3. The van der Waals surface area contributed by atoms with Gasteiger partial charge in [0.15, 0.2) is 11.5 Å². The fourth-order valence-corrected chi connectivity index (χ4v) is 11.2. The maximum absolute atomic E-state index is 14.4. The van der Waals surface area contributed by atoms with E-state index in [9.17, 15) is 28.8 Å². The Morgan fingerprint density at radius 2 is 1.52 bits per heavy atom. The number of benzene rings is 5. The summed E-state index contributed by atoms with van der Waals surface area (Å²) in [5.41, 5.74) is 19.7. The van der Waals surface area contributed by atoms with Crippen molar-refractivity contribution in [2.45, 2.75) is 43.4 Å². The number of methoxy groups -OCH3 is 3. The molecule has 0 radical (unpaired) electrons. The second kappa shape index (κ2) is 26.4. The number of hydrogen-bond donors (Lipinski definition) is 7. The van der Waals surface area contributed by atoms with Crippen molar-refractivity contribution in [3.63, 3.8) is 0 Å². The number of nitrogen functional groups attached to an aromatic ring is 2. The van der Waals surface area contributed by atoms with Crippen molar-refractivity contribution in [1.82, 2.24) is 20.6 Å². The monoisotopic (exact) mass is 1360 g/mol. The molecule has 1 aromatic heterocycles. The Labute approximate surface area is 444 Å². The van der Waals surface area contributed by atoms with E-state index < -0.39 is 51.1 Å². The van der Waals surface area contributed by atoms with Gasteiger partial charge in [0.05, 0.1) is 52.3 Å².